The first-order valence-electron chi connectivity index (χ1n) is 6.39. The van der Waals surface area contributed by atoms with E-state index in [1.54, 1.807) is 0 Å². The average molecular weight is 268 g/mol. The molecular formula is C16H16N2O2. The highest BCUT2D eigenvalue weighted by Crippen LogP contribution is 2.23. The molecule has 102 valence electrons. The highest BCUT2D eigenvalue weighted by molar-refractivity contribution is 5.35. The van der Waals surface area contributed by atoms with Crippen LogP contribution in [0.2, 0.25) is 0 Å². The van der Waals surface area contributed by atoms with Crippen LogP contribution in [0, 0.1) is 11.3 Å². The lowest BCUT2D eigenvalue weighted by molar-refractivity contribution is 0.305. The molecule has 0 aliphatic rings. The summed E-state index contributed by atoms with van der Waals surface area (Å²) in [6.07, 6.45) is 0.513. The maximum absolute atomic E-state index is 8.56. The van der Waals surface area contributed by atoms with Crippen LogP contribution in [0.4, 0.5) is 0 Å². The topological polar surface area (TPSA) is 68.3 Å². The molecule has 2 N–H and O–H groups in total. The third-order valence-corrected chi connectivity index (χ3v) is 2.67. The van der Waals surface area contributed by atoms with E-state index in [4.69, 9.17) is 20.5 Å². The molecule has 2 rings (SSSR count). The van der Waals surface area contributed by atoms with Crippen molar-refractivity contribution in [3.8, 4) is 23.3 Å². The highest BCUT2D eigenvalue weighted by Gasteiger charge is 2.01. The number of nitrogens with two attached hydrogens (primary N) is 1. The predicted octanol–water partition coefficient (Wildman–Crippen LogP) is 3.10. The van der Waals surface area contributed by atoms with Crippen molar-refractivity contribution in [2.24, 2.45) is 5.73 Å². The van der Waals surface area contributed by atoms with Gasteiger partial charge in [0.25, 0.3) is 0 Å². The lowest BCUT2D eigenvalue weighted by Crippen LogP contribution is -2.20. The first kappa shape index (κ1) is 13.9. The van der Waals surface area contributed by atoms with Gasteiger partial charge >= 0.3 is 0 Å². The zero-order valence-electron chi connectivity index (χ0n) is 11.0. The summed E-state index contributed by atoms with van der Waals surface area (Å²) in [7, 11) is 0. The first-order valence-corrected chi connectivity index (χ1v) is 6.39. The van der Waals surface area contributed by atoms with E-state index in [9.17, 15) is 0 Å². The molecular weight excluding hydrogens is 252 g/mol. The second-order valence-electron chi connectivity index (χ2n) is 4.26. The van der Waals surface area contributed by atoms with Gasteiger partial charge in [-0.25, -0.2) is 0 Å². The van der Waals surface area contributed by atoms with Crippen molar-refractivity contribution in [3.63, 3.8) is 0 Å². The van der Waals surface area contributed by atoms with Crippen molar-refractivity contribution >= 4 is 0 Å². The number of rotatable bonds is 6. The fourth-order valence-corrected chi connectivity index (χ4v) is 1.60. The van der Waals surface area contributed by atoms with Crippen LogP contribution in [0.1, 0.15) is 6.42 Å². The third-order valence-electron chi connectivity index (χ3n) is 2.67. The largest absolute Gasteiger partial charge is 0.493 e. The van der Waals surface area contributed by atoms with Gasteiger partial charge in [0.15, 0.2) is 0 Å². The Morgan fingerprint density at radius 3 is 2.20 bits per heavy atom. The zero-order valence-corrected chi connectivity index (χ0v) is 11.0. The summed E-state index contributed by atoms with van der Waals surface area (Å²) in [5.74, 6) is 2.27. The molecule has 1 unspecified atom stereocenters. The summed E-state index contributed by atoms with van der Waals surface area (Å²) < 4.78 is 11.2. The van der Waals surface area contributed by atoms with Crippen molar-refractivity contribution in [3.05, 3.63) is 54.6 Å². The number of nitrogens with zero attached hydrogens (tertiary/aromatic N) is 1. The van der Waals surface area contributed by atoms with Crippen LogP contribution in [0.15, 0.2) is 54.6 Å². The summed E-state index contributed by atoms with van der Waals surface area (Å²) >= 11 is 0. The average Bonchev–Trinajstić information content (AvgIpc) is 2.50. The number of hydrogen-bond acceptors (Lipinski definition) is 4. The highest BCUT2D eigenvalue weighted by atomic mass is 16.5. The van der Waals surface area contributed by atoms with Gasteiger partial charge in [-0.2, -0.15) is 5.26 Å². The number of nitriles is 1. The monoisotopic (exact) mass is 268 g/mol. The van der Waals surface area contributed by atoms with Crippen molar-refractivity contribution in [2.75, 3.05) is 6.61 Å². The van der Waals surface area contributed by atoms with Gasteiger partial charge in [-0.3, -0.25) is 0 Å². The molecule has 0 saturated carbocycles. The summed E-state index contributed by atoms with van der Waals surface area (Å²) in [4.78, 5) is 0. The van der Waals surface area contributed by atoms with Gasteiger partial charge in [0.2, 0.25) is 0 Å². The van der Waals surface area contributed by atoms with E-state index < -0.39 is 6.04 Å². The maximum Gasteiger partial charge on any atom is 0.127 e. The van der Waals surface area contributed by atoms with Crippen molar-refractivity contribution in [1.29, 1.82) is 5.26 Å². The van der Waals surface area contributed by atoms with Crippen LogP contribution in [0.25, 0.3) is 0 Å². The van der Waals surface area contributed by atoms with Gasteiger partial charge in [0, 0.05) is 6.42 Å². The zero-order chi connectivity index (χ0) is 14.2. The Morgan fingerprint density at radius 1 is 0.950 bits per heavy atom. The molecule has 0 fully saturated rings. The molecule has 2 aromatic carbocycles. The van der Waals surface area contributed by atoms with Crippen LogP contribution in [-0.2, 0) is 0 Å². The minimum absolute atomic E-state index is 0.424. The van der Waals surface area contributed by atoms with Crippen LogP contribution in [0.3, 0.4) is 0 Å². The Bertz CT molecular complexity index is 561. The number of hydrogen-bond donors (Lipinski definition) is 1. The van der Waals surface area contributed by atoms with E-state index in [1.807, 2.05) is 60.7 Å². The minimum Gasteiger partial charge on any atom is -0.493 e. The third kappa shape index (κ3) is 4.30. The van der Waals surface area contributed by atoms with E-state index in [1.165, 1.54) is 0 Å². The van der Waals surface area contributed by atoms with E-state index in [2.05, 4.69) is 0 Å². The molecule has 20 heavy (non-hydrogen) atoms. The molecule has 2 aromatic rings. The lowest BCUT2D eigenvalue weighted by Gasteiger charge is -2.09. The van der Waals surface area contributed by atoms with Crippen molar-refractivity contribution in [1.82, 2.24) is 0 Å². The Labute approximate surface area is 118 Å². The van der Waals surface area contributed by atoms with Crippen LogP contribution in [0.5, 0.6) is 17.2 Å². The second-order valence-corrected chi connectivity index (χ2v) is 4.26. The summed E-state index contributed by atoms with van der Waals surface area (Å²) in [6.45, 7) is 0.424. The molecule has 0 spiro atoms. The SMILES string of the molecule is N#CC(N)CCOc1ccc(Oc2ccccc2)cc1. The summed E-state index contributed by atoms with van der Waals surface area (Å²) in [5, 5.41) is 8.56. The molecule has 0 amide bonds. The number of ether oxygens (including phenoxy) is 2. The van der Waals surface area contributed by atoms with Crippen LogP contribution < -0.4 is 15.2 Å². The fourth-order valence-electron chi connectivity index (χ4n) is 1.60. The molecule has 4 nitrogen and oxygen atoms in total. The Morgan fingerprint density at radius 2 is 1.55 bits per heavy atom. The molecule has 0 aliphatic carbocycles. The van der Waals surface area contributed by atoms with E-state index in [0.29, 0.717) is 13.0 Å². The Balaban J connectivity index is 1.85. The van der Waals surface area contributed by atoms with Gasteiger partial charge in [0.1, 0.15) is 17.2 Å². The Hall–Kier alpha value is -2.51. The van der Waals surface area contributed by atoms with Crippen LogP contribution in [-0.4, -0.2) is 12.6 Å². The second kappa shape index (κ2) is 7.17. The fraction of sp³-hybridized carbons (Fsp3) is 0.188. The molecule has 0 bridgehead atoms. The standard InChI is InChI=1S/C16H16N2O2/c17-12-13(18)10-11-19-14-6-8-16(9-7-14)20-15-4-2-1-3-5-15/h1-9,13H,10-11,18H2. The Kier molecular flexibility index (Phi) is 4.99. The number of para-hydroxylation sites is 1. The molecule has 0 heterocycles. The first-order chi connectivity index (χ1) is 9.78. The van der Waals surface area contributed by atoms with Gasteiger partial charge in [0.05, 0.1) is 18.7 Å². The van der Waals surface area contributed by atoms with Crippen molar-refractivity contribution in [2.45, 2.75) is 12.5 Å². The van der Waals surface area contributed by atoms with Gasteiger partial charge in [-0.1, -0.05) is 18.2 Å². The molecule has 0 aromatic heterocycles. The van der Waals surface area contributed by atoms with Crippen LogP contribution >= 0.6 is 0 Å². The van der Waals surface area contributed by atoms with E-state index in [-0.39, 0.29) is 0 Å². The minimum atomic E-state index is -0.476. The maximum atomic E-state index is 8.56. The predicted molar refractivity (Wildman–Crippen MR) is 76.7 cm³/mol. The molecule has 0 radical (unpaired) electrons. The number of benzene rings is 2. The van der Waals surface area contributed by atoms with E-state index >= 15 is 0 Å². The quantitative estimate of drug-likeness (QED) is 0.874. The summed E-state index contributed by atoms with van der Waals surface area (Å²) in [5.41, 5.74) is 5.49. The normalized spacial score (nSPS) is 11.4. The molecule has 0 saturated heterocycles. The van der Waals surface area contributed by atoms with Crippen molar-refractivity contribution < 1.29 is 9.47 Å². The van der Waals surface area contributed by atoms with E-state index in [0.717, 1.165) is 17.2 Å². The van der Waals surface area contributed by atoms with Gasteiger partial charge in [-0.05, 0) is 36.4 Å². The molecule has 1 atom stereocenters. The smallest absolute Gasteiger partial charge is 0.127 e. The van der Waals surface area contributed by atoms with Gasteiger partial charge in [-0.15, -0.1) is 0 Å². The lowest BCUT2D eigenvalue weighted by atomic mass is 10.2. The summed E-state index contributed by atoms with van der Waals surface area (Å²) in [6, 6.07) is 18.4. The molecule has 0 aliphatic heterocycles. The molecule has 4 heteroatoms. The van der Waals surface area contributed by atoms with Gasteiger partial charge < -0.3 is 15.2 Å².